The van der Waals surface area contributed by atoms with E-state index in [0.29, 0.717) is 35.9 Å². The highest BCUT2D eigenvalue weighted by molar-refractivity contribution is 7.14. The number of methoxy groups -OCH3 is 1. The second-order valence-electron chi connectivity index (χ2n) is 4.56. The van der Waals surface area contributed by atoms with Gasteiger partial charge in [-0.3, -0.25) is 4.90 Å². The van der Waals surface area contributed by atoms with E-state index in [1.165, 1.54) is 11.3 Å². The van der Waals surface area contributed by atoms with Crippen molar-refractivity contribution in [3.63, 3.8) is 0 Å². The molecule has 0 amide bonds. The molecule has 23 heavy (non-hydrogen) atoms. The van der Waals surface area contributed by atoms with Gasteiger partial charge in [-0.1, -0.05) is 11.6 Å². The highest BCUT2D eigenvalue weighted by Gasteiger charge is 2.19. The molecule has 0 unspecified atom stereocenters. The number of nitrogens with zero attached hydrogens (tertiary/aromatic N) is 4. The molecule has 7 nitrogen and oxygen atoms in total. The molecule has 0 aromatic carbocycles. The first-order chi connectivity index (χ1) is 11.1. The molecule has 0 saturated heterocycles. The average molecular weight is 357 g/mol. The van der Waals surface area contributed by atoms with Gasteiger partial charge in [0.05, 0.1) is 19.8 Å². The quantitative estimate of drug-likeness (QED) is 0.706. The maximum absolute atomic E-state index is 11.8. The Bertz CT molecular complexity index is 680. The van der Waals surface area contributed by atoms with Gasteiger partial charge in [-0.05, 0) is 25.5 Å². The Labute approximate surface area is 143 Å². The van der Waals surface area contributed by atoms with Crippen LogP contribution in [0.4, 0.5) is 10.9 Å². The lowest BCUT2D eigenvalue weighted by atomic mass is 10.3. The van der Waals surface area contributed by atoms with Crippen LogP contribution in [-0.2, 0) is 9.47 Å². The van der Waals surface area contributed by atoms with Crippen LogP contribution in [0, 0.1) is 6.92 Å². The van der Waals surface area contributed by atoms with Crippen LogP contribution in [0.25, 0.3) is 0 Å². The summed E-state index contributed by atoms with van der Waals surface area (Å²) >= 11 is 7.25. The third-order valence-corrected chi connectivity index (χ3v) is 4.15. The number of carbonyl (C=O) groups excluding carboxylic acids is 1. The molecule has 0 aliphatic carbocycles. The minimum atomic E-state index is -0.444. The molecular formula is C14H17ClN4O3S. The van der Waals surface area contributed by atoms with Crippen LogP contribution in [0.15, 0.2) is 11.4 Å². The second kappa shape index (κ2) is 8.19. The number of rotatable bonds is 7. The van der Waals surface area contributed by atoms with Gasteiger partial charge in [0.1, 0.15) is 0 Å². The smallest absolute Gasteiger partial charge is 0.357 e. The molecule has 0 aliphatic rings. The van der Waals surface area contributed by atoms with E-state index in [1.807, 2.05) is 17.9 Å². The van der Waals surface area contributed by atoms with Crippen molar-refractivity contribution in [2.75, 3.05) is 31.8 Å². The number of thiazole rings is 1. The van der Waals surface area contributed by atoms with Crippen molar-refractivity contribution in [2.45, 2.75) is 13.8 Å². The molecule has 0 N–H and O–H groups in total. The van der Waals surface area contributed by atoms with Crippen LogP contribution in [0.5, 0.6) is 0 Å². The number of carbonyl (C=O) groups is 1. The van der Waals surface area contributed by atoms with Crippen LogP contribution in [-0.4, -0.2) is 48.0 Å². The number of hydrogen-bond donors (Lipinski definition) is 0. The third-order valence-electron chi connectivity index (χ3n) is 2.91. The fourth-order valence-corrected chi connectivity index (χ4v) is 2.69. The lowest BCUT2D eigenvalue weighted by Crippen LogP contribution is -2.23. The van der Waals surface area contributed by atoms with Gasteiger partial charge in [0, 0.05) is 12.5 Å². The predicted octanol–water partition coefficient (Wildman–Crippen LogP) is 2.86. The molecular weight excluding hydrogens is 340 g/mol. The zero-order valence-corrected chi connectivity index (χ0v) is 14.6. The van der Waals surface area contributed by atoms with Gasteiger partial charge in [-0.15, -0.1) is 21.5 Å². The van der Waals surface area contributed by atoms with Crippen LogP contribution in [0.1, 0.15) is 23.0 Å². The molecule has 0 bridgehead atoms. The molecule has 2 rings (SSSR count). The highest BCUT2D eigenvalue weighted by Crippen LogP contribution is 2.28. The molecule has 0 fully saturated rings. The van der Waals surface area contributed by atoms with Crippen molar-refractivity contribution in [2.24, 2.45) is 0 Å². The number of aromatic nitrogens is 3. The molecule has 0 radical (unpaired) electrons. The monoisotopic (exact) mass is 356 g/mol. The fourth-order valence-electron chi connectivity index (χ4n) is 1.77. The molecule has 0 atom stereocenters. The summed E-state index contributed by atoms with van der Waals surface area (Å²) in [5, 5.41) is 10.6. The summed E-state index contributed by atoms with van der Waals surface area (Å²) in [4.78, 5) is 17.9. The van der Waals surface area contributed by atoms with Crippen LogP contribution in [0.3, 0.4) is 0 Å². The maximum Gasteiger partial charge on any atom is 0.357 e. The standard InChI is InChI=1S/C14H17ClN4O3S/c1-4-22-13(20)10-8-23-14(16-10)19(5-6-21-3)11-7-9(2)12(15)18-17-11/h7-8H,4-6H2,1-3H3. The number of anilines is 2. The second-order valence-corrected chi connectivity index (χ2v) is 5.75. The van der Waals surface area contributed by atoms with Crippen LogP contribution >= 0.6 is 22.9 Å². The summed E-state index contributed by atoms with van der Waals surface area (Å²) in [6.45, 7) is 4.89. The van der Waals surface area contributed by atoms with Crippen molar-refractivity contribution in [1.82, 2.24) is 15.2 Å². The van der Waals surface area contributed by atoms with Crippen molar-refractivity contribution >= 4 is 39.9 Å². The van der Waals surface area contributed by atoms with Gasteiger partial charge >= 0.3 is 5.97 Å². The first-order valence-corrected chi connectivity index (χ1v) is 8.21. The SMILES string of the molecule is CCOC(=O)c1csc(N(CCOC)c2cc(C)c(Cl)nn2)n1. The molecule has 0 saturated carbocycles. The van der Waals surface area contributed by atoms with Gasteiger partial charge in [-0.2, -0.15) is 0 Å². The van der Waals surface area contributed by atoms with Gasteiger partial charge in [-0.25, -0.2) is 9.78 Å². The summed E-state index contributed by atoms with van der Waals surface area (Å²) in [5.41, 5.74) is 1.08. The van der Waals surface area contributed by atoms with Gasteiger partial charge in [0.25, 0.3) is 0 Å². The maximum atomic E-state index is 11.8. The van der Waals surface area contributed by atoms with Crippen molar-refractivity contribution in [1.29, 1.82) is 0 Å². The van der Waals surface area contributed by atoms with Gasteiger partial charge in [0.15, 0.2) is 21.8 Å². The summed E-state index contributed by atoms with van der Waals surface area (Å²) in [7, 11) is 1.61. The number of aryl methyl sites for hydroxylation is 1. The predicted molar refractivity (Wildman–Crippen MR) is 88.7 cm³/mol. The Morgan fingerprint density at radius 3 is 2.87 bits per heavy atom. The zero-order valence-electron chi connectivity index (χ0n) is 13.1. The number of hydrogen-bond acceptors (Lipinski definition) is 8. The molecule has 2 heterocycles. The lowest BCUT2D eigenvalue weighted by molar-refractivity contribution is 0.0520. The molecule has 2 aromatic heterocycles. The van der Waals surface area contributed by atoms with Crippen LogP contribution < -0.4 is 4.90 Å². The highest BCUT2D eigenvalue weighted by atomic mass is 35.5. The van der Waals surface area contributed by atoms with Gasteiger partial charge < -0.3 is 9.47 Å². The van der Waals surface area contributed by atoms with E-state index in [2.05, 4.69) is 15.2 Å². The summed E-state index contributed by atoms with van der Waals surface area (Å²) in [6, 6.07) is 1.82. The Morgan fingerprint density at radius 2 is 2.22 bits per heavy atom. The molecule has 2 aromatic rings. The summed E-state index contributed by atoms with van der Waals surface area (Å²) in [5.74, 6) is 0.147. The van der Waals surface area contributed by atoms with E-state index < -0.39 is 5.97 Å². The van der Waals surface area contributed by atoms with Crippen molar-refractivity contribution in [3.8, 4) is 0 Å². The molecule has 124 valence electrons. The van der Waals surface area contributed by atoms with Gasteiger partial charge in [0.2, 0.25) is 0 Å². The first-order valence-electron chi connectivity index (χ1n) is 6.95. The molecule has 9 heteroatoms. The van der Waals surface area contributed by atoms with E-state index in [0.717, 1.165) is 5.56 Å². The number of ether oxygens (including phenoxy) is 2. The summed E-state index contributed by atoms with van der Waals surface area (Å²) < 4.78 is 10.1. The number of esters is 1. The first kappa shape index (κ1) is 17.6. The van der Waals surface area contributed by atoms with Crippen LogP contribution in [0.2, 0.25) is 5.15 Å². The average Bonchev–Trinajstić information content (AvgIpc) is 3.01. The molecule has 0 spiro atoms. The third kappa shape index (κ3) is 4.37. The Morgan fingerprint density at radius 1 is 1.43 bits per heavy atom. The lowest BCUT2D eigenvalue weighted by Gasteiger charge is -2.20. The summed E-state index contributed by atoms with van der Waals surface area (Å²) in [6.07, 6.45) is 0. The van der Waals surface area contributed by atoms with Crippen molar-refractivity contribution < 1.29 is 14.3 Å². The fraction of sp³-hybridized carbons (Fsp3) is 0.429. The Balaban J connectivity index is 2.31. The topological polar surface area (TPSA) is 77.4 Å². The largest absolute Gasteiger partial charge is 0.461 e. The zero-order chi connectivity index (χ0) is 16.8. The number of halogens is 1. The van der Waals surface area contributed by atoms with E-state index in [1.54, 1.807) is 19.4 Å². The van der Waals surface area contributed by atoms with E-state index in [-0.39, 0.29) is 5.69 Å². The molecule has 0 aliphatic heterocycles. The minimum absolute atomic E-state index is 0.271. The van der Waals surface area contributed by atoms with E-state index in [9.17, 15) is 4.79 Å². The normalized spacial score (nSPS) is 10.6. The Kier molecular flexibility index (Phi) is 6.26. The van der Waals surface area contributed by atoms with Crippen molar-refractivity contribution in [3.05, 3.63) is 27.9 Å². The van der Waals surface area contributed by atoms with E-state index in [4.69, 9.17) is 21.1 Å². The Hall–Kier alpha value is -1.77. The minimum Gasteiger partial charge on any atom is -0.461 e. The van der Waals surface area contributed by atoms with E-state index >= 15 is 0 Å².